The lowest BCUT2D eigenvalue weighted by Crippen LogP contribution is -2.27. The first-order valence-corrected chi connectivity index (χ1v) is 7.07. The molecule has 2 aromatic rings. The summed E-state index contributed by atoms with van der Waals surface area (Å²) in [5, 5.41) is 14.0. The SMILES string of the molecule is CCNc1ccc(C)cc1C(=O)NCCc1nncn1C. The van der Waals surface area contributed by atoms with Crippen LogP contribution in [0.3, 0.4) is 0 Å². The van der Waals surface area contributed by atoms with E-state index in [9.17, 15) is 4.79 Å². The van der Waals surface area contributed by atoms with Crippen molar-refractivity contribution in [3.63, 3.8) is 0 Å². The Morgan fingerprint density at radius 3 is 2.86 bits per heavy atom. The van der Waals surface area contributed by atoms with Crippen molar-refractivity contribution < 1.29 is 4.79 Å². The van der Waals surface area contributed by atoms with E-state index in [1.807, 2.05) is 43.7 Å². The maximum atomic E-state index is 12.3. The van der Waals surface area contributed by atoms with Crippen LogP contribution in [0, 0.1) is 6.92 Å². The number of aryl methyl sites for hydroxylation is 2. The summed E-state index contributed by atoms with van der Waals surface area (Å²) in [5.74, 6) is 0.781. The van der Waals surface area contributed by atoms with Crippen molar-refractivity contribution in [1.82, 2.24) is 20.1 Å². The smallest absolute Gasteiger partial charge is 0.253 e. The van der Waals surface area contributed by atoms with Gasteiger partial charge in [-0.2, -0.15) is 0 Å². The van der Waals surface area contributed by atoms with Crippen LogP contribution in [-0.2, 0) is 13.5 Å². The first kappa shape index (κ1) is 15.0. The highest BCUT2D eigenvalue weighted by molar-refractivity contribution is 5.99. The number of carbonyl (C=O) groups is 1. The van der Waals surface area contributed by atoms with Crippen molar-refractivity contribution in [3.05, 3.63) is 41.5 Å². The van der Waals surface area contributed by atoms with Crippen LogP contribution in [-0.4, -0.2) is 33.8 Å². The largest absolute Gasteiger partial charge is 0.385 e. The van der Waals surface area contributed by atoms with Crippen molar-refractivity contribution >= 4 is 11.6 Å². The topological polar surface area (TPSA) is 71.8 Å². The molecule has 0 bridgehead atoms. The molecule has 112 valence electrons. The van der Waals surface area contributed by atoms with Crippen molar-refractivity contribution in [3.8, 4) is 0 Å². The number of hydrogen-bond donors (Lipinski definition) is 2. The van der Waals surface area contributed by atoms with Gasteiger partial charge < -0.3 is 15.2 Å². The van der Waals surface area contributed by atoms with Crippen LogP contribution in [0.5, 0.6) is 0 Å². The number of nitrogens with zero attached hydrogens (tertiary/aromatic N) is 3. The van der Waals surface area contributed by atoms with E-state index in [4.69, 9.17) is 0 Å². The number of rotatable bonds is 6. The highest BCUT2D eigenvalue weighted by Crippen LogP contribution is 2.17. The van der Waals surface area contributed by atoms with Crippen LogP contribution in [0.15, 0.2) is 24.5 Å². The summed E-state index contributed by atoms with van der Waals surface area (Å²) in [7, 11) is 1.89. The van der Waals surface area contributed by atoms with Crippen molar-refractivity contribution in [2.45, 2.75) is 20.3 Å². The second kappa shape index (κ2) is 6.88. The van der Waals surface area contributed by atoms with Gasteiger partial charge in [0.05, 0.1) is 5.56 Å². The average molecular weight is 287 g/mol. The third-order valence-electron chi connectivity index (χ3n) is 3.23. The van der Waals surface area contributed by atoms with Gasteiger partial charge in [-0.25, -0.2) is 0 Å². The van der Waals surface area contributed by atoms with Crippen molar-refractivity contribution in [2.75, 3.05) is 18.4 Å². The predicted molar refractivity (Wildman–Crippen MR) is 82.4 cm³/mol. The molecule has 0 radical (unpaired) electrons. The predicted octanol–water partition coefficient (Wildman–Crippen LogP) is 1.53. The highest BCUT2D eigenvalue weighted by atomic mass is 16.1. The molecule has 0 atom stereocenters. The summed E-state index contributed by atoms with van der Waals surface area (Å²) in [6.45, 7) is 5.30. The van der Waals surface area contributed by atoms with Gasteiger partial charge in [-0.15, -0.1) is 10.2 Å². The van der Waals surface area contributed by atoms with E-state index in [0.29, 0.717) is 18.5 Å². The fraction of sp³-hybridized carbons (Fsp3) is 0.400. The zero-order valence-corrected chi connectivity index (χ0v) is 12.7. The molecule has 0 fully saturated rings. The first-order valence-electron chi connectivity index (χ1n) is 7.07. The highest BCUT2D eigenvalue weighted by Gasteiger charge is 2.11. The van der Waals surface area contributed by atoms with Crippen LogP contribution in [0.1, 0.15) is 28.7 Å². The Hall–Kier alpha value is -2.37. The van der Waals surface area contributed by atoms with E-state index < -0.39 is 0 Å². The van der Waals surface area contributed by atoms with E-state index in [2.05, 4.69) is 20.8 Å². The maximum Gasteiger partial charge on any atom is 0.253 e. The molecule has 6 nitrogen and oxygen atoms in total. The Morgan fingerprint density at radius 2 is 2.19 bits per heavy atom. The number of anilines is 1. The minimum atomic E-state index is -0.0724. The summed E-state index contributed by atoms with van der Waals surface area (Å²) < 4.78 is 1.85. The van der Waals surface area contributed by atoms with Crippen molar-refractivity contribution in [2.24, 2.45) is 7.05 Å². The third-order valence-corrected chi connectivity index (χ3v) is 3.23. The minimum Gasteiger partial charge on any atom is -0.385 e. The monoisotopic (exact) mass is 287 g/mol. The molecule has 0 saturated carbocycles. The Bertz CT molecular complexity index is 620. The van der Waals surface area contributed by atoms with E-state index in [1.54, 1.807) is 6.33 Å². The lowest BCUT2D eigenvalue weighted by Gasteiger charge is -2.12. The van der Waals surface area contributed by atoms with Gasteiger partial charge in [0.25, 0.3) is 5.91 Å². The zero-order valence-electron chi connectivity index (χ0n) is 12.7. The second-order valence-corrected chi connectivity index (χ2v) is 4.94. The molecule has 0 aliphatic rings. The van der Waals surface area contributed by atoms with E-state index in [1.165, 1.54) is 0 Å². The van der Waals surface area contributed by atoms with Gasteiger partial charge in [-0.3, -0.25) is 4.79 Å². The zero-order chi connectivity index (χ0) is 15.2. The van der Waals surface area contributed by atoms with Gasteiger partial charge in [0.1, 0.15) is 12.2 Å². The summed E-state index contributed by atoms with van der Waals surface area (Å²) in [6, 6.07) is 5.83. The van der Waals surface area contributed by atoms with Crippen LogP contribution in [0.25, 0.3) is 0 Å². The summed E-state index contributed by atoms with van der Waals surface area (Å²) in [5.41, 5.74) is 2.60. The van der Waals surface area contributed by atoms with Crippen LogP contribution in [0.4, 0.5) is 5.69 Å². The van der Waals surface area contributed by atoms with Gasteiger partial charge in [0.15, 0.2) is 0 Å². The first-order chi connectivity index (χ1) is 10.1. The second-order valence-electron chi connectivity index (χ2n) is 4.94. The van der Waals surface area contributed by atoms with Gasteiger partial charge in [-0.05, 0) is 26.0 Å². The molecule has 2 N–H and O–H groups in total. The fourth-order valence-electron chi connectivity index (χ4n) is 2.11. The van der Waals surface area contributed by atoms with Gasteiger partial charge in [-0.1, -0.05) is 11.6 Å². The molecule has 0 unspecified atom stereocenters. The molecule has 0 saturated heterocycles. The number of amides is 1. The van der Waals surface area contributed by atoms with Crippen LogP contribution in [0.2, 0.25) is 0 Å². The summed E-state index contributed by atoms with van der Waals surface area (Å²) in [6.07, 6.45) is 2.31. The molecule has 21 heavy (non-hydrogen) atoms. The maximum absolute atomic E-state index is 12.3. The molecular weight excluding hydrogens is 266 g/mol. The number of aromatic nitrogens is 3. The molecule has 6 heteroatoms. The minimum absolute atomic E-state index is 0.0724. The molecule has 1 aromatic heterocycles. The van der Waals surface area contributed by atoms with Crippen LogP contribution < -0.4 is 10.6 Å². The summed E-state index contributed by atoms with van der Waals surface area (Å²) in [4.78, 5) is 12.3. The van der Waals surface area contributed by atoms with Gasteiger partial charge >= 0.3 is 0 Å². The Kier molecular flexibility index (Phi) is 4.92. The molecule has 1 aromatic carbocycles. The molecule has 0 spiro atoms. The Balaban J connectivity index is 1.99. The number of benzene rings is 1. The quantitative estimate of drug-likeness (QED) is 0.845. The average Bonchev–Trinajstić information content (AvgIpc) is 2.86. The van der Waals surface area contributed by atoms with Crippen molar-refractivity contribution in [1.29, 1.82) is 0 Å². The lowest BCUT2D eigenvalue weighted by atomic mass is 10.1. The Morgan fingerprint density at radius 1 is 1.38 bits per heavy atom. The number of nitrogens with one attached hydrogen (secondary N) is 2. The number of hydrogen-bond acceptors (Lipinski definition) is 4. The van der Waals surface area contributed by atoms with E-state index >= 15 is 0 Å². The van der Waals surface area contributed by atoms with E-state index in [0.717, 1.165) is 23.6 Å². The normalized spacial score (nSPS) is 10.4. The Labute approximate surface area is 124 Å². The fourth-order valence-corrected chi connectivity index (χ4v) is 2.11. The standard InChI is InChI=1S/C15H21N5O/c1-4-16-13-6-5-11(2)9-12(13)15(21)17-8-7-14-19-18-10-20(14)3/h5-6,9-10,16H,4,7-8H2,1-3H3,(H,17,21). The van der Waals surface area contributed by atoms with E-state index in [-0.39, 0.29) is 5.91 Å². The molecular formula is C15H21N5O. The third kappa shape index (κ3) is 3.81. The molecule has 2 rings (SSSR count). The molecule has 1 amide bonds. The van der Waals surface area contributed by atoms with Gasteiger partial charge in [0.2, 0.25) is 0 Å². The van der Waals surface area contributed by atoms with Crippen LogP contribution >= 0.6 is 0 Å². The summed E-state index contributed by atoms with van der Waals surface area (Å²) >= 11 is 0. The molecule has 0 aliphatic carbocycles. The van der Waals surface area contributed by atoms with Gasteiger partial charge in [0, 0.05) is 32.2 Å². The molecule has 0 aliphatic heterocycles. The lowest BCUT2D eigenvalue weighted by molar-refractivity contribution is 0.0954. The molecule has 1 heterocycles. The number of carbonyl (C=O) groups excluding carboxylic acids is 1.